The standard InChI is InChI=1S/C13H16INO2S/c1-3-15-13(9-6-12(14)18-8-9)11-5-4-10(17-11)7-16-2/h4-6,8,13,15H,3,7H2,1-2H3. The number of ether oxygens (including phenoxy) is 1. The molecule has 0 saturated carbocycles. The van der Waals surface area contributed by atoms with Gasteiger partial charge in [0.1, 0.15) is 18.1 Å². The van der Waals surface area contributed by atoms with Crippen LogP contribution in [0.5, 0.6) is 0 Å². The number of rotatable bonds is 6. The summed E-state index contributed by atoms with van der Waals surface area (Å²) in [4.78, 5) is 0. The van der Waals surface area contributed by atoms with E-state index in [0.717, 1.165) is 18.1 Å². The van der Waals surface area contributed by atoms with Crippen molar-refractivity contribution in [3.8, 4) is 0 Å². The van der Waals surface area contributed by atoms with E-state index >= 15 is 0 Å². The van der Waals surface area contributed by atoms with Gasteiger partial charge in [-0.3, -0.25) is 0 Å². The summed E-state index contributed by atoms with van der Waals surface area (Å²) in [5.41, 5.74) is 1.25. The molecule has 2 aromatic heterocycles. The lowest BCUT2D eigenvalue weighted by Gasteiger charge is -2.14. The fraction of sp³-hybridized carbons (Fsp3) is 0.385. The van der Waals surface area contributed by atoms with Crippen molar-refractivity contribution in [2.45, 2.75) is 19.6 Å². The molecule has 1 atom stereocenters. The van der Waals surface area contributed by atoms with Crippen molar-refractivity contribution in [3.63, 3.8) is 0 Å². The fourth-order valence-electron chi connectivity index (χ4n) is 1.83. The second kappa shape index (κ2) is 6.70. The Labute approximate surface area is 125 Å². The Bertz CT molecular complexity index is 495. The Morgan fingerprint density at radius 3 is 2.94 bits per heavy atom. The number of nitrogens with one attached hydrogen (secondary N) is 1. The number of hydrogen-bond donors (Lipinski definition) is 1. The van der Waals surface area contributed by atoms with E-state index in [1.165, 1.54) is 8.45 Å². The van der Waals surface area contributed by atoms with Crippen molar-refractivity contribution >= 4 is 33.9 Å². The van der Waals surface area contributed by atoms with E-state index in [4.69, 9.17) is 9.15 Å². The second-order valence-corrected chi connectivity index (χ2v) is 6.72. The Hall–Kier alpha value is -0.370. The third kappa shape index (κ3) is 3.34. The average Bonchev–Trinajstić information content (AvgIpc) is 2.96. The highest BCUT2D eigenvalue weighted by Gasteiger charge is 2.18. The topological polar surface area (TPSA) is 34.4 Å². The van der Waals surface area contributed by atoms with Crippen molar-refractivity contribution in [2.24, 2.45) is 0 Å². The average molecular weight is 377 g/mol. The van der Waals surface area contributed by atoms with Crippen LogP contribution in [0.1, 0.15) is 30.0 Å². The first-order valence-corrected chi connectivity index (χ1v) is 7.75. The number of halogens is 1. The molecule has 3 nitrogen and oxygen atoms in total. The molecule has 98 valence electrons. The van der Waals surface area contributed by atoms with E-state index in [2.05, 4.69) is 46.3 Å². The van der Waals surface area contributed by atoms with Gasteiger partial charge < -0.3 is 14.5 Å². The van der Waals surface area contributed by atoms with Gasteiger partial charge in [0.15, 0.2) is 0 Å². The molecular weight excluding hydrogens is 361 g/mol. The minimum atomic E-state index is 0.125. The summed E-state index contributed by atoms with van der Waals surface area (Å²) in [5.74, 6) is 1.80. The van der Waals surface area contributed by atoms with Gasteiger partial charge in [-0.2, -0.15) is 0 Å². The highest BCUT2D eigenvalue weighted by molar-refractivity contribution is 14.1. The summed E-state index contributed by atoms with van der Waals surface area (Å²) >= 11 is 4.09. The largest absolute Gasteiger partial charge is 0.462 e. The van der Waals surface area contributed by atoms with Gasteiger partial charge in [0.25, 0.3) is 0 Å². The van der Waals surface area contributed by atoms with Crippen LogP contribution in [-0.4, -0.2) is 13.7 Å². The summed E-state index contributed by atoms with van der Waals surface area (Å²) in [6.07, 6.45) is 0. The second-order valence-electron chi connectivity index (χ2n) is 3.91. The molecule has 2 aromatic rings. The maximum Gasteiger partial charge on any atom is 0.129 e. The maximum atomic E-state index is 5.82. The van der Waals surface area contributed by atoms with Crippen LogP contribution in [0.3, 0.4) is 0 Å². The van der Waals surface area contributed by atoms with E-state index in [0.29, 0.717) is 6.61 Å². The molecule has 0 aromatic carbocycles. The highest BCUT2D eigenvalue weighted by atomic mass is 127. The lowest BCUT2D eigenvalue weighted by molar-refractivity contribution is 0.162. The SMILES string of the molecule is CCNC(c1csc(I)c1)c1ccc(COC)o1. The van der Waals surface area contributed by atoms with Crippen LogP contribution in [0.2, 0.25) is 0 Å². The smallest absolute Gasteiger partial charge is 0.129 e. The summed E-state index contributed by atoms with van der Waals surface area (Å²) in [6.45, 7) is 3.51. The van der Waals surface area contributed by atoms with Crippen molar-refractivity contribution in [2.75, 3.05) is 13.7 Å². The molecule has 0 bridgehead atoms. The van der Waals surface area contributed by atoms with Crippen LogP contribution >= 0.6 is 33.9 Å². The third-order valence-corrected chi connectivity index (χ3v) is 4.39. The molecule has 0 spiro atoms. The Morgan fingerprint density at radius 1 is 1.50 bits per heavy atom. The van der Waals surface area contributed by atoms with Crippen LogP contribution in [0.15, 0.2) is 28.0 Å². The Balaban J connectivity index is 2.23. The van der Waals surface area contributed by atoms with Gasteiger partial charge in [-0.15, -0.1) is 11.3 Å². The van der Waals surface area contributed by atoms with E-state index in [1.54, 1.807) is 18.4 Å². The Kier molecular flexibility index (Phi) is 5.23. The number of thiophene rings is 1. The molecule has 5 heteroatoms. The van der Waals surface area contributed by atoms with Crippen molar-refractivity contribution < 1.29 is 9.15 Å². The predicted octanol–water partition coefficient (Wildman–Crippen LogP) is 3.79. The monoisotopic (exact) mass is 377 g/mol. The van der Waals surface area contributed by atoms with E-state index < -0.39 is 0 Å². The van der Waals surface area contributed by atoms with Crippen LogP contribution in [0.25, 0.3) is 0 Å². The molecule has 0 amide bonds. The third-order valence-electron chi connectivity index (χ3n) is 2.58. The molecule has 0 saturated heterocycles. The molecule has 0 radical (unpaired) electrons. The summed E-state index contributed by atoms with van der Waals surface area (Å²) in [5, 5.41) is 5.63. The van der Waals surface area contributed by atoms with E-state index in [1.807, 2.05) is 12.1 Å². The first-order valence-electron chi connectivity index (χ1n) is 5.79. The minimum absolute atomic E-state index is 0.125. The molecule has 2 heterocycles. The molecule has 0 aliphatic heterocycles. The lowest BCUT2D eigenvalue weighted by atomic mass is 10.1. The van der Waals surface area contributed by atoms with Gasteiger partial charge in [-0.25, -0.2) is 0 Å². The maximum absolute atomic E-state index is 5.82. The number of hydrogen-bond acceptors (Lipinski definition) is 4. The van der Waals surface area contributed by atoms with E-state index in [-0.39, 0.29) is 6.04 Å². The van der Waals surface area contributed by atoms with Gasteiger partial charge in [0.2, 0.25) is 0 Å². The minimum Gasteiger partial charge on any atom is -0.462 e. The highest BCUT2D eigenvalue weighted by Crippen LogP contribution is 2.28. The molecule has 0 fully saturated rings. The summed E-state index contributed by atoms with van der Waals surface area (Å²) < 4.78 is 12.2. The normalized spacial score (nSPS) is 12.8. The molecule has 0 aliphatic carbocycles. The number of furan rings is 1. The molecular formula is C13H16INO2S. The summed E-state index contributed by atoms with van der Waals surface area (Å²) in [6, 6.07) is 6.31. The molecule has 2 rings (SSSR count). The van der Waals surface area contributed by atoms with Crippen molar-refractivity contribution in [1.82, 2.24) is 5.32 Å². The predicted molar refractivity (Wildman–Crippen MR) is 82.0 cm³/mol. The fourth-order valence-corrected chi connectivity index (χ4v) is 3.23. The van der Waals surface area contributed by atoms with Gasteiger partial charge in [-0.1, -0.05) is 6.92 Å². The van der Waals surface area contributed by atoms with Gasteiger partial charge >= 0.3 is 0 Å². The molecule has 1 N–H and O–H groups in total. The zero-order valence-electron chi connectivity index (χ0n) is 10.4. The van der Waals surface area contributed by atoms with Crippen LogP contribution in [0, 0.1) is 2.88 Å². The Morgan fingerprint density at radius 2 is 2.33 bits per heavy atom. The zero-order chi connectivity index (χ0) is 13.0. The quantitative estimate of drug-likeness (QED) is 0.778. The first-order chi connectivity index (χ1) is 8.74. The van der Waals surface area contributed by atoms with Crippen molar-refractivity contribution in [1.29, 1.82) is 0 Å². The number of methoxy groups -OCH3 is 1. The van der Waals surface area contributed by atoms with Gasteiger partial charge in [0.05, 0.1) is 8.93 Å². The summed E-state index contributed by atoms with van der Waals surface area (Å²) in [7, 11) is 1.67. The molecule has 18 heavy (non-hydrogen) atoms. The van der Waals surface area contributed by atoms with Crippen LogP contribution < -0.4 is 5.32 Å². The van der Waals surface area contributed by atoms with E-state index in [9.17, 15) is 0 Å². The van der Waals surface area contributed by atoms with Crippen LogP contribution in [0.4, 0.5) is 0 Å². The molecule has 0 aliphatic rings. The van der Waals surface area contributed by atoms with Crippen LogP contribution in [-0.2, 0) is 11.3 Å². The van der Waals surface area contributed by atoms with Gasteiger partial charge in [-0.05, 0) is 58.3 Å². The lowest BCUT2D eigenvalue weighted by Crippen LogP contribution is -2.20. The molecule has 1 unspecified atom stereocenters. The first kappa shape index (κ1) is 14.0. The van der Waals surface area contributed by atoms with Gasteiger partial charge in [0, 0.05) is 7.11 Å². The van der Waals surface area contributed by atoms with Crippen molar-refractivity contribution in [3.05, 3.63) is 43.5 Å². The zero-order valence-corrected chi connectivity index (χ0v) is 13.4.